The van der Waals surface area contributed by atoms with Crippen LogP contribution in [0.4, 0.5) is 0 Å². The minimum absolute atomic E-state index is 0.113. The number of pyridine rings is 1. The summed E-state index contributed by atoms with van der Waals surface area (Å²) in [6.45, 7) is 0.128. The molecule has 4 aromatic rings. The maximum absolute atomic E-state index is 13.3. The minimum atomic E-state index is -3.85. The summed E-state index contributed by atoms with van der Waals surface area (Å²) in [5, 5.41) is 9.71. The first-order chi connectivity index (χ1) is 15.3. The van der Waals surface area contributed by atoms with Gasteiger partial charge in [0.2, 0.25) is 0 Å². The van der Waals surface area contributed by atoms with E-state index in [0.717, 1.165) is 10.0 Å². The van der Waals surface area contributed by atoms with Crippen molar-refractivity contribution in [1.29, 1.82) is 0 Å². The molecule has 0 saturated carbocycles. The number of carbonyl (C=O) groups is 1. The second kappa shape index (κ2) is 8.85. The van der Waals surface area contributed by atoms with Gasteiger partial charge in [0.1, 0.15) is 0 Å². The number of rotatable bonds is 6. The molecule has 0 bridgehead atoms. The summed E-state index contributed by atoms with van der Waals surface area (Å²) in [6.07, 6.45) is 3.11. The number of likely N-dealkylation sites (N-methyl/N-ethyl adjacent to an activating group) is 1. The van der Waals surface area contributed by atoms with Crippen molar-refractivity contribution in [3.63, 3.8) is 0 Å². The smallest absolute Gasteiger partial charge is 0.269 e. The van der Waals surface area contributed by atoms with E-state index in [0.29, 0.717) is 22.2 Å². The van der Waals surface area contributed by atoms with Crippen LogP contribution in [0.2, 0.25) is 0 Å². The van der Waals surface area contributed by atoms with Gasteiger partial charge in [-0.3, -0.25) is 4.79 Å². The zero-order valence-electron chi connectivity index (χ0n) is 17.1. The lowest BCUT2D eigenvalue weighted by Gasteiger charge is -2.15. The fourth-order valence-corrected chi connectivity index (χ4v) is 5.11. The number of amides is 1. The third-order valence-electron chi connectivity index (χ3n) is 5.10. The summed E-state index contributed by atoms with van der Waals surface area (Å²) in [5.41, 5.74) is 2.22. The van der Waals surface area contributed by atoms with E-state index in [2.05, 4.69) is 20.9 Å². The first kappa shape index (κ1) is 22.2. The topological polar surface area (TPSA) is 92.5 Å². The van der Waals surface area contributed by atoms with Crippen molar-refractivity contribution >= 4 is 42.9 Å². The molecule has 0 fully saturated rings. The van der Waals surface area contributed by atoms with Crippen LogP contribution in [0.25, 0.3) is 22.2 Å². The Morgan fingerprint density at radius 2 is 1.81 bits per heavy atom. The molecule has 2 aromatic carbocycles. The Morgan fingerprint density at radius 3 is 2.47 bits per heavy atom. The number of aliphatic hydroxyl groups excluding tert-OH is 1. The van der Waals surface area contributed by atoms with Gasteiger partial charge >= 0.3 is 0 Å². The van der Waals surface area contributed by atoms with Gasteiger partial charge in [-0.1, -0.05) is 30.3 Å². The molecule has 7 nitrogen and oxygen atoms in total. The Hall–Kier alpha value is -3.01. The monoisotopic (exact) mass is 513 g/mol. The van der Waals surface area contributed by atoms with Gasteiger partial charge in [0.15, 0.2) is 5.65 Å². The molecular weight excluding hydrogens is 494 g/mol. The number of carbonyl (C=O) groups excluding carboxylic acids is 1. The molecule has 0 aliphatic heterocycles. The fourth-order valence-electron chi connectivity index (χ4n) is 3.44. The van der Waals surface area contributed by atoms with Crippen LogP contribution in [-0.2, 0) is 10.0 Å². The Bertz CT molecular complexity index is 1380. The van der Waals surface area contributed by atoms with E-state index in [1.165, 1.54) is 8.87 Å². The average molecular weight is 514 g/mol. The van der Waals surface area contributed by atoms with Crippen LogP contribution >= 0.6 is 15.9 Å². The Morgan fingerprint density at radius 1 is 1.12 bits per heavy atom. The highest BCUT2D eigenvalue weighted by atomic mass is 79.9. The summed E-state index contributed by atoms with van der Waals surface area (Å²) < 4.78 is 28.5. The number of benzene rings is 2. The molecular formula is C23H20BrN3O4S. The van der Waals surface area contributed by atoms with Gasteiger partial charge in [-0.2, -0.15) is 0 Å². The molecule has 2 heterocycles. The van der Waals surface area contributed by atoms with Crippen LogP contribution in [0.1, 0.15) is 10.4 Å². The SMILES string of the molecule is CN(CCO)C(=O)c1ccc(-c2cn(S(=O)(=O)c3ccccc3)c3ncc(Br)cc23)cc1. The van der Waals surface area contributed by atoms with Crippen LogP contribution in [0.3, 0.4) is 0 Å². The van der Waals surface area contributed by atoms with Gasteiger partial charge in [-0.25, -0.2) is 17.4 Å². The molecule has 9 heteroatoms. The van der Waals surface area contributed by atoms with Crippen molar-refractivity contribution in [3.05, 3.63) is 83.1 Å². The number of hydrogen-bond acceptors (Lipinski definition) is 5. The zero-order valence-corrected chi connectivity index (χ0v) is 19.5. The highest BCUT2D eigenvalue weighted by Gasteiger charge is 2.23. The lowest BCUT2D eigenvalue weighted by molar-refractivity contribution is 0.0767. The van der Waals surface area contributed by atoms with Crippen LogP contribution < -0.4 is 0 Å². The number of fused-ring (bicyclic) bond motifs is 1. The van der Waals surface area contributed by atoms with Crippen LogP contribution in [0.5, 0.6) is 0 Å². The molecule has 0 aliphatic carbocycles. The molecule has 0 atom stereocenters. The molecule has 0 radical (unpaired) electrons. The summed E-state index contributed by atoms with van der Waals surface area (Å²) in [5.74, 6) is -0.205. The van der Waals surface area contributed by atoms with Crippen molar-refractivity contribution in [2.24, 2.45) is 0 Å². The van der Waals surface area contributed by atoms with E-state index >= 15 is 0 Å². The number of halogens is 1. The Balaban J connectivity index is 1.82. The van der Waals surface area contributed by atoms with E-state index in [1.807, 2.05) is 6.07 Å². The van der Waals surface area contributed by atoms with Crippen molar-refractivity contribution < 1.29 is 18.3 Å². The number of hydrogen-bond donors (Lipinski definition) is 1. The number of aliphatic hydroxyl groups is 1. The lowest BCUT2D eigenvalue weighted by Crippen LogP contribution is -2.29. The molecule has 0 spiro atoms. The lowest BCUT2D eigenvalue weighted by atomic mass is 10.0. The predicted molar refractivity (Wildman–Crippen MR) is 126 cm³/mol. The minimum Gasteiger partial charge on any atom is -0.395 e. The van der Waals surface area contributed by atoms with E-state index in [4.69, 9.17) is 5.11 Å². The molecule has 164 valence electrons. The summed E-state index contributed by atoms with van der Waals surface area (Å²) >= 11 is 3.41. The van der Waals surface area contributed by atoms with Crippen molar-refractivity contribution in [3.8, 4) is 11.1 Å². The van der Waals surface area contributed by atoms with Gasteiger partial charge < -0.3 is 10.0 Å². The molecule has 0 aliphatic rings. The second-order valence-electron chi connectivity index (χ2n) is 7.21. The predicted octanol–water partition coefficient (Wildman–Crippen LogP) is 3.77. The second-order valence-corrected chi connectivity index (χ2v) is 9.94. The third kappa shape index (κ3) is 4.06. The van der Waals surface area contributed by atoms with Gasteiger partial charge in [0.05, 0.1) is 11.5 Å². The van der Waals surface area contributed by atoms with Gasteiger partial charge in [0.25, 0.3) is 15.9 Å². The van der Waals surface area contributed by atoms with Gasteiger partial charge in [-0.15, -0.1) is 0 Å². The maximum atomic E-state index is 13.3. The fraction of sp³-hybridized carbons (Fsp3) is 0.130. The summed E-state index contributed by atoms with van der Waals surface area (Å²) in [4.78, 5) is 18.4. The third-order valence-corrected chi connectivity index (χ3v) is 7.20. The van der Waals surface area contributed by atoms with Crippen molar-refractivity contribution in [2.45, 2.75) is 4.90 Å². The maximum Gasteiger partial charge on any atom is 0.269 e. The first-order valence-corrected chi connectivity index (χ1v) is 12.0. The van der Waals surface area contributed by atoms with E-state index in [9.17, 15) is 13.2 Å². The Kier molecular flexibility index (Phi) is 6.14. The largest absolute Gasteiger partial charge is 0.395 e. The molecule has 0 unspecified atom stereocenters. The van der Waals surface area contributed by atoms with E-state index < -0.39 is 10.0 Å². The Labute approximate surface area is 194 Å². The molecule has 1 amide bonds. The van der Waals surface area contributed by atoms with Gasteiger partial charge in [0, 0.05) is 47.0 Å². The molecule has 0 saturated heterocycles. The van der Waals surface area contributed by atoms with Crippen LogP contribution in [0, 0.1) is 0 Å². The summed E-state index contributed by atoms with van der Waals surface area (Å²) in [7, 11) is -2.23. The number of nitrogens with zero attached hydrogens (tertiary/aromatic N) is 3. The van der Waals surface area contributed by atoms with E-state index in [1.54, 1.807) is 74.0 Å². The number of aromatic nitrogens is 2. The van der Waals surface area contributed by atoms with Crippen molar-refractivity contribution in [2.75, 3.05) is 20.2 Å². The first-order valence-electron chi connectivity index (χ1n) is 9.77. The zero-order chi connectivity index (χ0) is 22.9. The van der Waals surface area contributed by atoms with Crippen LogP contribution in [-0.4, -0.2) is 53.5 Å². The average Bonchev–Trinajstić information content (AvgIpc) is 3.19. The molecule has 4 rings (SSSR count). The standard InChI is InChI=1S/C23H20BrN3O4S/c1-26(11-12-28)23(29)17-9-7-16(8-10-17)21-15-27(22-20(21)13-18(24)14-25-22)32(30,31)19-5-3-2-4-6-19/h2-10,13-15,28H,11-12H2,1H3. The normalized spacial score (nSPS) is 11.6. The van der Waals surface area contributed by atoms with E-state index in [-0.39, 0.29) is 24.0 Å². The quantitative estimate of drug-likeness (QED) is 0.423. The van der Waals surface area contributed by atoms with Crippen LogP contribution in [0.15, 0.2) is 82.4 Å². The van der Waals surface area contributed by atoms with Crippen molar-refractivity contribution in [1.82, 2.24) is 13.9 Å². The highest BCUT2D eigenvalue weighted by molar-refractivity contribution is 9.10. The molecule has 1 N–H and O–H groups in total. The summed E-state index contributed by atoms with van der Waals surface area (Å²) in [6, 6.07) is 16.9. The highest BCUT2D eigenvalue weighted by Crippen LogP contribution is 2.33. The molecule has 2 aromatic heterocycles. The molecule has 32 heavy (non-hydrogen) atoms. The van der Waals surface area contributed by atoms with Gasteiger partial charge in [-0.05, 0) is 51.8 Å².